The highest BCUT2D eigenvalue weighted by molar-refractivity contribution is 6.31. The summed E-state index contributed by atoms with van der Waals surface area (Å²) in [6, 6.07) is 7.79. The van der Waals surface area contributed by atoms with Crippen molar-refractivity contribution < 1.29 is 13.9 Å². The molecule has 2 aromatic rings. The summed E-state index contributed by atoms with van der Waals surface area (Å²) in [7, 11) is 1.58. The number of halogens is 3. The summed E-state index contributed by atoms with van der Waals surface area (Å²) in [6.07, 6.45) is 1.00. The SMILES string of the molecule is CCC(C)(C)NCc1cc(OC)c(OCc2ccc(F)cc2Cl)cc1Cl. The van der Waals surface area contributed by atoms with E-state index in [0.29, 0.717) is 33.7 Å². The minimum Gasteiger partial charge on any atom is -0.493 e. The fraction of sp³-hybridized carbons (Fsp3) is 0.400. The second-order valence-corrected chi connectivity index (χ2v) is 7.52. The van der Waals surface area contributed by atoms with E-state index in [0.717, 1.165) is 12.0 Å². The molecule has 0 amide bonds. The van der Waals surface area contributed by atoms with Gasteiger partial charge in [0.2, 0.25) is 0 Å². The first-order chi connectivity index (χ1) is 12.3. The van der Waals surface area contributed by atoms with Gasteiger partial charge in [0.25, 0.3) is 0 Å². The van der Waals surface area contributed by atoms with E-state index < -0.39 is 0 Å². The van der Waals surface area contributed by atoms with Gasteiger partial charge in [-0.25, -0.2) is 4.39 Å². The van der Waals surface area contributed by atoms with Crippen LogP contribution in [-0.4, -0.2) is 12.6 Å². The third-order valence-corrected chi connectivity index (χ3v) is 5.08. The topological polar surface area (TPSA) is 30.5 Å². The molecular formula is C20H24Cl2FNO2. The van der Waals surface area contributed by atoms with Crippen molar-refractivity contribution >= 4 is 23.2 Å². The van der Waals surface area contributed by atoms with Crippen molar-refractivity contribution in [1.29, 1.82) is 0 Å². The van der Waals surface area contributed by atoms with Gasteiger partial charge in [0, 0.05) is 28.7 Å². The molecule has 0 fully saturated rings. The zero-order valence-corrected chi connectivity index (χ0v) is 17.0. The smallest absolute Gasteiger partial charge is 0.163 e. The molecule has 3 nitrogen and oxygen atoms in total. The summed E-state index contributed by atoms with van der Waals surface area (Å²) in [5.74, 6) is 0.710. The van der Waals surface area contributed by atoms with Crippen molar-refractivity contribution in [3.05, 3.63) is 57.3 Å². The number of rotatable bonds is 8. The number of nitrogens with one attached hydrogen (secondary N) is 1. The van der Waals surface area contributed by atoms with Crippen LogP contribution in [0.1, 0.15) is 38.3 Å². The first-order valence-corrected chi connectivity index (χ1v) is 9.19. The number of benzene rings is 2. The summed E-state index contributed by atoms with van der Waals surface area (Å²) < 4.78 is 24.4. The van der Waals surface area contributed by atoms with E-state index in [-0.39, 0.29) is 18.0 Å². The van der Waals surface area contributed by atoms with Crippen LogP contribution >= 0.6 is 23.2 Å². The Morgan fingerprint density at radius 2 is 1.73 bits per heavy atom. The van der Waals surface area contributed by atoms with E-state index in [1.807, 2.05) is 6.07 Å². The minimum absolute atomic E-state index is 0.0189. The molecule has 0 aliphatic heterocycles. The summed E-state index contributed by atoms with van der Waals surface area (Å²) >= 11 is 12.5. The molecule has 0 radical (unpaired) electrons. The van der Waals surface area contributed by atoms with Crippen LogP contribution in [0.5, 0.6) is 11.5 Å². The molecule has 1 N–H and O–H groups in total. The molecule has 0 aliphatic rings. The van der Waals surface area contributed by atoms with Crippen LogP contribution in [0.4, 0.5) is 4.39 Å². The Hall–Kier alpha value is -1.49. The van der Waals surface area contributed by atoms with Crippen LogP contribution in [0, 0.1) is 5.82 Å². The molecule has 0 heterocycles. The van der Waals surface area contributed by atoms with Crippen molar-refractivity contribution in [3.8, 4) is 11.5 Å². The number of hydrogen-bond donors (Lipinski definition) is 1. The van der Waals surface area contributed by atoms with E-state index >= 15 is 0 Å². The average molecular weight is 400 g/mol. The maximum atomic E-state index is 13.1. The Morgan fingerprint density at radius 3 is 2.35 bits per heavy atom. The zero-order chi connectivity index (χ0) is 19.3. The van der Waals surface area contributed by atoms with Crippen molar-refractivity contribution in [3.63, 3.8) is 0 Å². The highest BCUT2D eigenvalue weighted by Gasteiger charge is 2.16. The molecule has 26 heavy (non-hydrogen) atoms. The van der Waals surface area contributed by atoms with Crippen LogP contribution in [0.15, 0.2) is 30.3 Å². The maximum absolute atomic E-state index is 13.1. The number of methoxy groups -OCH3 is 1. The minimum atomic E-state index is -0.383. The van der Waals surface area contributed by atoms with Crippen molar-refractivity contribution in [2.45, 2.75) is 45.9 Å². The van der Waals surface area contributed by atoms with E-state index in [1.165, 1.54) is 12.1 Å². The summed E-state index contributed by atoms with van der Waals surface area (Å²) in [6.45, 7) is 7.23. The van der Waals surface area contributed by atoms with Crippen molar-refractivity contribution in [2.75, 3.05) is 7.11 Å². The molecule has 2 rings (SSSR count). The van der Waals surface area contributed by atoms with Crippen molar-refractivity contribution in [1.82, 2.24) is 5.32 Å². The Morgan fingerprint density at radius 1 is 1.04 bits per heavy atom. The predicted molar refractivity (Wildman–Crippen MR) is 105 cm³/mol. The fourth-order valence-electron chi connectivity index (χ4n) is 2.24. The fourth-order valence-corrected chi connectivity index (χ4v) is 2.68. The lowest BCUT2D eigenvalue weighted by atomic mass is 10.0. The van der Waals surface area contributed by atoms with Gasteiger partial charge in [0.15, 0.2) is 11.5 Å². The maximum Gasteiger partial charge on any atom is 0.163 e. The van der Waals surface area contributed by atoms with Crippen LogP contribution in [0.2, 0.25) is 10.0 Å². The molecule has 0 atom stereocenters. The van der Waals surface area contributed by atoms with Gasteiger partial charge in [-0.05, 0) is 44.0 Å². The molecule has 0 aromatic heterocycles. The number of ether oxygens (including phenoxy) is 2. The molecule has 0 bridgehead atoms. The molecule has 0 aliphatic carbocycles. The van der Waals surface area contributed by atoms with Crippen molar-refractivity contribution in [2.24, 2.45) is 0 Å². The lowest BCUT2D eigenvalue weighted by Crippen LogP contribution is -2.37. The van der Waals surface area contributed by atoms with Gasteiger partial charge in [-0.1, -0.05) is 36.2 Å². The Bertz CT molecular complexity index is 766. The molecule has 0 unspecified atom stereocenters. The van der Waals surface area contributed by atoms with Gasteiger partial charge >= 0.3 is 0 Å². The molecule has 2 aromatic carbocycles. The summed E-state index contributed by atoms with van der Waals surface area (Å²) in [5.41, 5.74) is 1.63. The highest BCUT2D eigenvalue weighted by Crippen LogP contribution is 2.34. The third-order valence-electron chi connectivity index (χ3n) is 4.37. The zero-order valence-electron chi connectivity index (χ0n) is 15.5. The lowest BCUT2D eigenvalue weighted by Gasteiger charge is -2.25. The standard InChI is InChI=1S/C20H24Cl2FNO2/c1-5-20(2,3)24-11-14-8-18(25-4)19(10-17(14)22)26-12-13-6-7-15(23)9-16(13)21/h6-10,24H,5,11-12H2,1-4H3. The molecule has 6 heteroatoms. The largest absolute Gasteiger partial charge is 0.493 e. The monoisotopic (exact) mass is 399 g/mol. The second kappa shape index (κ2) is 8.94. The van der Waals surface area contributed by atoms with E-state index in [2.05, 4.69) is 26.1 Å². The van der Waals surface area contributed by atoms with Crippen LogP contribution in [0.3, 0.4) is 0 Å². The molecule has 0 saturated heterocycles. The van der Waals surface area contributed by atoms with Gasteiger partial charge in [-0.2, -0.15) is 0 Å². The average Bonchev–Trinajstić information content (AvgIpc) is 2.60. The van der Waals surface area contributed by atoms with Gasteiger partial charge in [-0.3, -0.25) is 0 Å². The molecule has 0 spiro atoms. The normalized spacial score (nSPS) is 11.5. The van der Waals surface area contributed by atoms with E-state index in [4.69, 9.17) is 32.7 Å². The number of hydrogen-bond acceptors (Lipinski definition) is 3. The van der Waals surface area contributed by atoms with Gasteiger partial charge in [0.05, 0.1) is 12.1 Å². The predicted octanol–water partition coefficient (Wildman–Crippen LogP) is 6.00. The summed E-state index contributed by atoms with van der Waals surface area (Å²) in [4.78, 5) is 0. The quantitative estimate of drug-likeness (QED) is 0.590. The Labute approximate surface area is 164 Å². The first-order valence-electron chi connectivity index (χ1n) is 8.44. The molecule has 142 valence electrons. The van der Waals surface area contributed by atoms with E-state index in [1.54, 1.807) is 19.2 Å². The third kappa shape index (κ3) is 5.50. The summed E-state index contributed by atoms with van der Waals surface area (Å²) in [5, 5.41) is 4.38. The first kappa shape index (κ1) is 20.8. The lowest BCUT2D eigenvalue weighted by molar-refractivity contribution is 0.284. The van der Waals surface area contributed by atoms with Gasteiger partial charge in [-0.15, -0.1) is 0 Å². The van der Waals surface area contributed by atoms with Crippen LogP contribution < -0.4 is 14.8 Å². The molecule has 0 saturated carbocycles. The van der Waals surface area contributed by atoms with Gasteiger partial charge < -0.3 is 14.8 Å². The highest BCUT2D eigenvalue weighted by atomic mass is 35.5. The van der Waals surface area contributed by atoms with Crippen LogP contribution in [-0.2, 0) is 13.2 Å². The van der Waals surface area contributed by atoms with Gasteiger partial charge in [0.1, 0.15) is 12.4 Å². The second-order valence-electron chi connectivity index (χ2n) is 6.71. The molecular weight excluding hydrogens is 376 g/mol. The van der Waals surface area contributed by atoms with Crippen LogP contribution in [0.25, 0.3) is 0 Å². The Kier molecular flexibility index (Phi) is 7.16. The van der Waals surface area contributed by atoms with E-state index in [9.17, 15) is 4.39 Å². The Balaban J connectivity index is 2.15.